The Morgan fingerprint density at radius 1 is 1.32 bits per heavy atom. The number of hydrogen-bond donors (Lipinski definition) is 2. The lowest BCUT2D eigenvalue weighted by molar-refractivity contribution is -0.119. The van der Waals surface area contributed by atoms with Crippen LogP contribution in [0, 0.1) is 0 Å². The molecular formula is C16H12N4O5. The minimum absolute atomic E-state index is 0.0211. The number of anilines is 2. The summed E-state index contributed by atoms with van der Waals surface area (Å²) in [5, 5.41) is 5.35. The van der Waals surface area contributed by atoms with Crippen LogP contribution in [0.15, 0.2) is 41.3 Å². The molecule has 3 heterocycles. The lowest BCUT2D eigenvalue weighted by Crippen LogP contribution is -2.25. The predicted octanol–water partition coefficient (Wildman–Crippen LogP) is 1.57. The van der Waals surface area contributed by atoms with Crippen LogP contribution in [0.25, 0.3) is 11.1 Å². The van der Waals surface area contributed by atoms with E-state index in [4.69, 9.17) is 13.9 Å². The molecule has 0 radical (unpaired) electrons. The fraction of sp³-hybridized carbons (Fsp3) is 0.125. The second-order valence-corrected chi connectivity index (χ2v) is 5.20. The second kappa shape index (κ2) is 6.11. The number of ether oxygens (including phenoxy) is 2. The third-order valence-corrected chi connectivity index (χ3v) is 3.45. The van der Waals surface area contributed by atoms with Crippen molar-refractivity contribution < 1.29 is 23.5 Å². The Morgan fingerprint density at radius 2 is 2.24 bits per heavy atom. The topological polar surface area (TPSA) is 116 Å². The quantitative estimate of drug-likeness (QED) is 0.740. The van der Waals surface area contributed by atoms with Crippen LogP contribution in [0.3, 0.4) is 0 Å². The molecule has 0 fully saturated rings. The molecule has 2 aromatic heterocycles. The van der Waals surface area contributed by atoms with Crippen LogP contribution in [0.5, 0.6) is 11.6 Å². The number of furan rings is 1. The smallest absolute Gasteiger partial charge is 0.262 e. The minimum Gasteiger partial charge on any atom is -0.482 e. The van der Waals surface area contributed by atoms with Crippen molar-refractivity contribution in [3.63, 3.8) is 0 Å². The zero-order valence-electron chi connectivity index (χ0n) is 12.8. The van der Waals surface area contributed by atoms with E-state index in [9.17, 15) is 9.59 Å². The zero-order chi connectivity index (χ0) is 17.2. The molecule has 126 valence electrons. The minimum atomic E-state index is -0.388. The van der Waals surface area contributed by atoms with E-state index in [1.807, 2.05) is 0 Å². The summed E-state index contributed by atoms with van der Waals surface area (Å²) < 4.78 is 15.9. The second-order valence-electron chi connectivity index (χ2n) is 5.20. The number of carbonyl (C=O) groups excluding carboxylic acids is 2. The number of aromatic nitrogens is 2. The number of carbonyl (C=O) groups is 2. The third kappa shape index (κ3) is 3.07. The van der Waals surface area contributed by atoms with E-state index >= 15 is 0 Å². The molecule has 0 aliphatic carbocycles. The fourth-order valence-electron chi connectivity index (χ4n) is 2.36. The largest absolute Gasteiger partial charge is 0.482 e. The molecule has 2 N–H and O–H groups in total. The first kappa shape index (κ1) is 14.9. The molecule has 0 saturated heterocycles. The molecule has 25 heavy (non-hydrogen) atoms. The Bertz CT molecular complexity index is 968. The van der Waals surface area contributed by atoms with Gasteiger partial charge in [-0.1, -0.05) is 0 Å². The molecule has 9 heteroatoms. The van der Waals surface area contributed by atoms with Gasteiger partial charge >= 0.3 is 0 Å². The lowest BCUT2D eigenvalue weighted by atomic mass is 10.2. The monoisotopic (exact) mass is 340 g/mol. The molecule has 0 bridgehead atoms. The Kier molecular flexibility index (Phi) is 3.65. The van der Waals surface area contributed by atoms with E-state index in [-0.39, 0.29) is 30.9 Å². The van der Waals surface area contributed by atoms with Gasteiger partial charge in [0, 0.05) is 11.8 Å². The summed E-state index contributed by atoms with van der Waals surface area (Å²) in [6.07, 6.45) is 2.80. The van der Waals surface area contributed by atoms with Gasteiger partial charge < -0.3 is 24.5 Å². The summed E-state index contributed by atoms with van der Waals surface area (Å²) in [5.41, 5.74) is 1.98. The molecule has 0 spiro atoms. The molecule has 1 aromatic carbocycles. The molecule has 4 rings (SSSR count). The summed E-state index contributed by atoms with van der Waals surface area (Å²) in [7, 11) is 0. The van der Waals surface area contributed by atoms with E-state index in [1.54, 1.807) is 24.3 Å². The fourth-order valence-corrected chi connectivity index (χ4v) is 2.36. The van der Waals surface area contributed by atoms with Gasteiger partial charge in [-0.05, 0) is 18.2 Å². The van der Waals surface area contributed by atoms with Gasteiger partial charge in [0.25, 0.3) is 17.7 Å². The summed E-state index contributed by atoms with van der Waals surface area (Å²) >= 11 is 0. The van der Waals surface area contributed by atoms with Gasteiger partial charge in [-0.3, -0.25) is 9.59 Å². The van der Waals surface area contributed by atoms with E-state index in [0.29, 0.717) is 28.2 Å². The van der Waals surface area contributed by atoms with Crippen LogP contribution in [0.4, 0.5) is 11.4 Å². The van der Waals surface area contributed by atoms with Crippen molar-refractivity contribution in [1.82, 2.24) is 9.97 Å². The van der Waals surface area contributed by atoms with Crippen LogP contribution < -0.4 is 20.1 Å². The number of nitrogens with one attached hydrogen (secondary N) is 2. The molecule has 2 amide bonds. The Balaban J connectivity index is 1.42. The highest BCUT2D eigenvalue weighted by Gasteiger charge is 2.17. The molecular weight excluding hydrogens is 328 g/mol. The first-order valence-corrected chi connectivity index (χ1v) is 7.36. The van der Waals surface area contributed by atoms with E-state index in [2.05, 4.69) is 20.6 Å². The number of nitrogens with zero attached hydrogens (tertiary/aromatic N) is 2. The molecule has 1 aliphatic heterocycles. The maximum atomic E-state index is 12.1. The SMILES string of the molecule is O=C(COc1ncnc2ccoc12)Nc1ccc2c(c1)NC(=O)CO2. The Labute approximate surface area is 141 Å². The molecule has 1 aliphatic rings. The van der Waals surface area contributed by atoms with Crippen molar-refractivity contribution >= 4 is 34.3 Å². The third-order valence-electron chi connectivity index (χ3n) is 3.45. The maximum Gasteiger partial charge on any atom is 0.262 e. The van der Waals surface area contributed by atoms with Crippen molar-refractivity contribution in [3.8, 4) is 11.6 Å². The lowest BCUT2D eigenvalue weighted by Gasteiger charge is -2.18. The standard InChI is InChI=1S/C16H12N4O5/c21-13(7-25-16-15-10(3-4-23-15)17-8-18-16)19-9-1-2-12-11(5-9)20-14(22)6-24-12/h1-5,8H,6-7H2,(H,19,21)(H,20,22). The van der Waals surface area contributed by atoms with Crippen LogP contribution in [0.1, 0.15) is 0 Å². The van der Waals surface area contributed by atoms with Crippen molar-refractivity contribution in [2.45, 2.75) is 0 Å². The van der Waals surface area contributed by atoms with E-state index in [1.165, 1.54) is 12.6 Å². The van der Waals surface area contributed by atoms with Gasteiger partial charge in [-0.25, -0.2) is 4.98 Å². The van der Waals surface area contributed by atoms with E-state index in [0.717, 1.165) is 0 Å². The summed E-state index contributed by atoms with van der Waals surface area (Å²) in [6.45, 7) is -0.278. The normalized spacial score (nSPS) is 12.9. The van der Waals surface area contributed by atoms with Gasteiger partial charge in [0.2, 0.25) is 5.58 Å². The van der Waals surface area contributed by atoms with Gasteiger partial charge in [0.1, 0.15) is 17.6 Å². The highest BCUT2D eigenvalue weighted by molar-refractivity contribution is 5.98. The summed E-state index contributed by atoms with van der Waals surface area (Å²) in [5.74, 6) is 0.109. The summed E-state index contributed by atoms with van der Waals surface area (Å²) in [4.78, 5) is 31.4. The van der Waals surface area contributed by atoms with Crippen molar-refractivity contribution in [2.75, 3.05) is 23.8 Å². The Hall–Kier alpha value is -3.62. The first-order chi connectivity index (χ1) is 12.2. The number of fused-ring (bicyclic) bond motifs is 2. The van der Waals surface area contributed by atoms with Gasteiger partial charge in [0.05, 0.1) is 12.0 Å². The van der Waals surface area contributed by atoms with Crippen molar-refractivity contribution in [2.24, 2.45) is 0 Å². The van der Waals surface area contributed by atoms with Crippen molar-refractivity contribution in [1.29, 1.82) is 0 Å². The van der Waals surface area contributed by atoms with Gasteiger partial charge in [0.15, 0.2) is 13.2 Å². The molecule has 0 unspecified atom stereocenters. The van der Waals surface area contributed by atoms with E-state index < -0.39 is 0 Å². The number of hydrogen-bond acceptors (Lipinski definition) is 7. The maximum absolute atomic E-state index is 12.1. The first-order valence-electron chi connectivity index (χ1n) is 7.36. The predicted molar refractivity (Wildman–Crippen MR) is 86.5 cm³/mol. The summed E-state index contributed by atoms with van der Waals surface area (Å²) in [6, 6.07) is 6.62. The zero-order valence-corrected chi connectivity index (χ0v) is 12.8. The average molecular weight is 340 g/mol. The highest BCUT2D eigenvalue weighted by Crippen LogP contribution is 2.30. The number of benzene rings is 1. The van der Waals surface area contributed by atoms with Crippen LogP contribution >= 0.6 is 0 Å². The molecule has 3 aromatic rings. The number of rotatable bonds is 4. The molecule has 0 saturated carbocycles. The molecule has 9 nitrogen and oxygen atoms in total. The molecule has 0 atom stereocenters. The van der Waals surface area contributed by atoms with Crippen LogP contribution in [-0.2, 0) is 9.59 Å². The van der Waals surface area contributed by atoms with Crippen LogP contribution in [-0.4, -0.2) is 35.0 Å². The van der Waals surface area contributed by atoms with Crippen molar-refractivity contribution in [3.05, 3.63) is 36.9 Å². The van der Waals surface area contributed by atoms with Gasteiger partial charge in [-0.15, -0.1) is 0 Å². The highest BCUT2D eigenvalue weighted by atomic mass is 16.5. The van der Waals surface area contributed by atoms with Crippen LogP contribution in [0.2, 0.25) is 0 Å². The number of amides is 2. The Morgan fingerprint density at radius 3 is 3.16 bits per heavy atom. The average Bonchev–Trinajstić information content (AvgIpc) is 3.09. The van der Waals surface area contributed by atoms with Gasteiger partial charge in [-0.2, -0.15) is 4.98 Å².